The number of nitrogens with zero attached hydrogens (tertiary/aromatic N) is 6. The predicted octanol–water partition coefficient (Wildman–Crippen LogP) is 3.45. The van der Waals surface area contributed by atoms with Crippen LogP contribution in [0.15, 0.2) is 42.9 Å². The van der Waals surface area contributed by atoms with Crippen LogP contribution in [0.25, 0.3) is 22.3 Å². The molecule has 0 radical (unpaired) electrons. The summed E-state index contributed by atoms with van der Waals surface area (Å²) in [7, 11) is 1.92. The molecule has 1 aromatic carbocycles. The van der Waals surface area contributed by atoms with Gasteiger partial charge in [-0.3, -0.25) is 4.68 Å². The quantitative estimate of drug-likeness (QED) is 0.595. The minimum atomic E-state index is 0.355. The molecule has 28 heavy (non-hydrogen) atoms. The van der Waals surface area contributed by atoms with E-state index in [1.165, 1.54) is 0 Å². The van der Waals surface area contributed by atoms with E-state index in [2.05, 4.69) is 32.1 Å². The molecule has 1 unspecified atom stereocenters. The Bertz CT molecular complexity index is 1090. The number of aromatic amines is 1. The molecule has 1 fully saturated rings. The lowest BCUT2D eigenvalue weighted by atomic mass is 9.97. The van der Waals surface area contributed by atoms with Crippen LogP contribution >= 0.6 is 0 Å². The summed E-state index contributed by atoms with van der Waals surface area (Å²) in [6.45, 7) is 3.88. The molecule has 0 amide bonds. The lowest BCUT2D eigenvalue weighted by Crippen LogP contribution is -2.36. The van der Waals surface area contributed by atoms with Gasteiger partial charge in [-0.15, -0.1) is 0 Å². The number of rotatable bonds is 3. The van der Waals surface area contributed by atoms with Crippen LogP contribution in [0.3, 0.4) is 0 Å². The van der Waals surface area contributed by atoms with Crippen molar-refractivity contribution in [2.24, 2.45) is 7.05 Å². The second-order valence-corrected chi connectivity index (χ2v) is 7.53. The molecule has 3 aromatic heterocycles. The Morgan fingerprint density at radius 3 is 2.86 bits per heavy atom. The Balaban J connectivity index is 1.43. The first-order chi connectivity index (χ1) is 13.7. The van der Waals surface area contributed by atoms with Crippen LogP contribution in [-0.4, -0.2) is 42.8 Å². The molecule has 0 spiro atoms. The SMILES string of the molecule is Cc1cnc(N2CCCC(c3nc4ccccc4[nH]3)C2)nc1-c1cnn(C)c1. The number of benzene rings is 1. The van der Waals surface area contributed by atoms with Crippen molar-refractivity contribution < 1.29 is 0 Å². The highest BCUT2D eigenvalue weighted by Crippen LogP contribution is 2.30. The van der Waals surface area contributed by atoms with Crippen LogP contribution in [0.1, 0.15) is 30.1 Å². The second-order valence-electron chi connectivity index (χ2n) is 7.53. The summed E-state index contributed by atoms with van der Waals surface area (Å²) in [5.41, 5.74) is 5.15. The summed E-state index contributed by atoms with van der Waals surface area (Å²) in [4.78, 5) is 20.1. The predicted molar refractivity (Wildman–Crippen MR) is 109 cm³/mol. The minimum absolute atomic E-state index is 0.355. The third-order valence-corrected chi connectivity index (χ3v) is 5.44. The first kappa shape index (κ1) is 16.9. The first-order valence-corrected chi connectivity index (χ1v) is 9.69. The standard InChI is InChI=1S/C21H23N7/c1-14-10-22-21(26-19(14)16-11-23-27(2)12-16)28-9-5-6-15(13-28)20-24-17-7-3-4-8-18(17)25-20/h3-4,7-8,10-12,15H,5-6,9,13H2,1-2H3,(H,24,25). The van der Waals surface area contributed by atoms with E-state index in [0.717, 1.165) is 65.6 Å². The maximum atomic E-state index is 4.88. The second kappa shape index (κ2) is 6.74. The van der Waals surface area contributed by atoms with Gasteiger partial charge >= 0.3 is 0 Å². The third-order valence-electron chi connectivity index (χ3n) is 5.44. The van der Waals surface area contributed by atoms with Gasteiger partial charge in [0.05, 0.1) is 22.9 Å². The number of hydrogen-bond donors (Lipinski definition) is 1. The van der Waals surface area contributed by atoms with E-state index in [1.807, 2.05) is 44.7 Å². The third kappa shape index (κ3) is 3.02. The van der Waals surface area contributed by atoms with E-state index in [4.69, 9.17) is 9.97 Å². The number of aromatic nitrogens is 6. The molecule has 7 heteroatoms. The summed E-state index contributed by atoms with van der Waals surface area (Å²) in [5, 5.41) is 4.28. The highest BCUT2D eigenvalue weighted by Gasteiger charge is 2.26. The van der Waals surface area contributed by atoms with E-state index < -0.39 is 0 Å². The number of hydrogen-bond acceptors (Lipinski definition) is 5. The van der Waals surface area contributed by atoms with Crippen molar-refractivity contribution in [3.05, 3.63) is 54.2 Å². The summed E-state index contributed by atoms with van der Waals surface area (Å²) in [5.74, 6) is 2.20. The van der Waals surface area contributed by atoms with Crippen molar-refractivity contribution in [1.29, 1.82) is 0 Å². The van der Waals surface area contributed by atoms with Crippen LogP contribution < -0.4 is 4.90 Å². The highest BCUT2D eigenvalue weighted by atomic mass is 15.3. The lowest BCUT2D eigenvalue weighted by molar-refractivity contribution is 0.489. The van der Waals surface area contributed by atoms with Crippen molar-refractivity contribution >= 4 is 17.0 Å². The fourth-order valence-corrected chi connectivity index (χ4v) is 3.97. The molecular weight excluding hydrogens is 350 g/mol. The topological polar surface area (TPSA) is 75.5 Å². The smallest absolute Gasteiger partial charge is 0.225 e. The summed E-state index contributed by atoms with van der Waals surface area (Å²) < 4.78 is 1.80. The van der Waals surface area contributed by atoms with Gasteiger partial charge in [0.1, 0.15) is 5.82 Å². The fraction of sp³-hybridized carbons (Fsp3) is 0.333. The number of imidazole rings is 1. The molecule has 4 aromatic rings. The van der Waals surface area contributed by atoms with Gasteiger partial charge in [-0.1, -0.05) is 12.1 Å². The van der Waals surface area contributed by atoms with Gasteiger partial charge in [-0.25, -0.2) is 15.0 Å². The fourth-order valence-electron chi connectivity index (χ4n) is 3.97. The maximum Gasteiger partial charge on any atom is 0.225 e. The van der Waals surface area contributed by atoms with Gasteiger partial charge in [-0.05, 0) is 37.5 Å². The van der Waals surface area contributed by atoms with E-state index >= 15 is 0 Å². The average molecular weight is 373 g/mol. The molecule has 5 rings (SSSR count). The molecule has 1 aliphatic rings. The largest absolute Gasteiger partial charge is 0.342 e. The highest BCUT2D eigenvalue weighted by molar-refractivity contribution is 5.74. The van der Waals surface area contributed by atoms with Crippen molar-refractivity contribution in [2.75, 3.05) is 18.0 Å². The van der Waals surface area contributed by atoms with Gasteiger partial charge < -0.3 is 9.88 Å². The maximum absolute atomic E-state index is 4.88. The minimum Gasteiger partial charge on any atom is -0.342 e. The summed E-state index contributed by atoms with van der Waals surface area (Å²) in [6.07, 6.45) is 7.98. The number of fused-ring (bicyclic) bond motifs is 1. The van der Waals surface area contributed by atoms with Crippen molar-refractivity contribution in [3.63, 3.8) is 0 Å². The van der Waals surface area contributed by atoms with Crippen molar-refractivity contribution in [1.82, 2.24) is 29.7 Å². The van der Waals surface area contributed by atoms with Gasteiger partial charge in [0.2, 0.25) is 5.95 Å². The molecule has 0 saturated carbocycles. The Kier molecular flexibility index (Phi) is 4.07. The molecule has 4 heterocycles. The van der Waals surface area contributed by atoms with Crippen molar-refractivity contribution in [3.8, 4) is 11.3 Å². The number of para-hydroxylation sites is 2. The van der Waals surface area contributed by atoms with Crippen LogP contribution in [0, 0.1) is 6.92 Å². The monoisotopic (exact) mass is 373 g/mol. The Hall–Kier alpha value is -3.22. The Morgan fingerprint density at radius 2 is 2.04 bits per heavy atom. The van der Waals surface area contributed by atoms with Crippen molar-refractivity contribution in [2.45, 2.75) is 25.7 Å². The molecule has 142 valence electrons. The molecule has 1 aliphatic heterocycles. The Labute approximate surface area is 163 Å². The number of nitrogens with one attached hydrogen (secondary N) is 1. The van der Waals surface area contributed by atoms with Gasteiger partial charge in [-0.2, -0.15) is 5.10 Å². The van der Waals surface area contributed by atoms with E-state index in [1.54, 1.807) is 4.68 Å². The lowest BCUT2D eigenvalue weighted by Gasteiger charge is -2.32. The summed E-state index contributed by atoms with van der Waals surface area (Å²) in [6, 6.07) is 8.20. The zero-order valence-electron chi connectivity index (χ0n) is 16.1. The summed E-state index contributed by atoms with van der Waals surface area (Å²) >= 11 is 0. The molecule has 0 aliphatic carbocycles. The molecule has 1 atom stereocenters. The molecule has 1 N–H and O–H groups in total. The Morgan fingerprint density at radius 1 is 1.14 bits per heavy atom. The number of piperidine rings is 1. The zero-order valence-corrected chi connectivity index (χ0v) is 16.1. The van der Waals surface area contributed by atoms with Gasteiger partial charge in [0.15, 0.2) is 0 Å². The molecule has 1 saturated heterocycles. The normalized spacial score (nSPS) is 17.4. The zero-order chi connectivity index (χ0) is 19.1. The number of aryl methyl sites for hydroxylation is 2. The number of H-pyrrole nitrogens is 1. The molecule has 0 bridgehead atoms. The molecule has 7 nitrogen and oxygen atoms in total. The van der Waals surface area contributed by atoms with Gasteiger partial charge in [0, 0.05) is 44.0 Å². The van der Waals surface area contributed by atoms with Gasteiger partial charge in [0.25, 0.3) is 0 Å². The van der Waals surface area contributed by atoms with Crippen LogP contribution in [0.2, 0.25) is 0 Å². The van der Waals surface area contributed by atoms with Crippen LogP contribution in [0.5, 0.6) is 0 Å². The molecular formula is C21H23N7. The van der Waals surface area contributed by atoms with E-state index in [-0.39, 0.29) is 0 Å². The number of anilines is 1. The van der Waals surface area contributed by atoms with E-state index in [9.17, 15) is 0 Å². The first-order valence-electron chi connectivity index (χ1n) is 9.69. The van der Waals surface area contributed by atoms with Crippen LogP contribution in [0.4, 0.5) is 5.95 Å². The average Bonchev–Trinajstić information content (AvgIpc) is 3.34. The van der Waals surface area contributed by atoms with Crippen LogP contribution in [-0.2, 0) is 7.05 Å². The van der Waals surface area contributed by atoms with E-state index in [0.29, 0.717) is 5.92 Å².